The van der Waals surface area contributed by atoms with E-state index < -0.39 is 0 Å². The van der Waals surface area contributed by atoms with E-state index in [0.717, 1.165) is 23.0 Å². The molecule has 102 valence electrons. The van der Waals surface area contributed by atoms with Crippen molar-refractivity contribution in [2.75, 3.05) is 0 Å². The van der Waals surface area contributed by atoms with Crippen molar-refractivity contribution in [1.29, 1.82) is 0 Å². The van der Waals surface area contributed by atoms with Gasteiger partial charge in [-0.15, -0.1) is 0 Å². The van der Waals surface area contributed by atoms with Crippen LogP contribution >= 0.6 is 15.9 Å². The van der Waals surface area contributed by atoms with Gasteiger partial charge in [-0.2, -0.15) is 5.10 Å². The molecule has 2 N–H and O–H groups in total. The van der Waals surface area contributed by atoms with Crippen LogP contribution in [0.2, 0.25) is 0 Å². The van der Waals surface area contributed by atoms with Crippen LogP contribution in [0.3, 0.4) is 0 Å². The minimum atomic E-state index is 0.121. The number of hydrogen-bond donors (Lipinski definition) is 1. The summed E-state index contributed by atoms with van der Waals surface area (Å²) in [6.07, 6.45) is 1.76. The Balaban J connectivity index is 2.07. The average molecular weight is 322 g/mol. The first-order chi connectivity index (χ1) is 8.97. The smallest absolute Gasteiger partial charge is 0.0628 e. The molecule has 0 spiro atoms. The Labute approximate surface area is 122 Å². The molecule has 0 aliphatic heterocycles. The topological polar surface area (TPSA) is 43.8 Å². The van der Waals surface area contributed by atoms with Gasteiger partial charge in [-0.1, -0.05) is 28.1 Å². The SMILES string of the molecule is Cc1nn(C)c(C)c1CC(N)Cc1cccc(Br)c1. The lowest BCUT2D eigenvalue weighted by Crippen LogP contribution is -2.26. The summed E-state index contributed by atoms with van der Waals surface area (Å²) in [5.41, 5.74) is 11.1. The molecule has 0 fully saturated rings. The molecule has 0 saturated heterocycles. The standard InChI is InChI=1S/C15H20BrN3/c1-10-15(11(2)19(3)18-10)9-14(17)8-12-5-4-6-13(16)7-12/h4-7,14H,8-9,17H2,1-3H3. The monoisotopic (exact) mass is 321 g/mol. The van der Waals surface area contributed by atoms with Gasteiger partial charge in [0.15, 0.2) is 0 Å². The molecule has 4 heteroatoms. The van der Waals surface area contributed by atoms with Crippen LogP contribution in [-0.4, -0.2) is 15.8 Å². The van der Waals surface area contributed by atoms with Crippen LogP contribution in [0.25, 0.3) is 0 Å². The minimum absolute atomic E-state index is 0.121. The molecule has 1 aromatic carbocycles. The fraction of sp³-hybridized carbons (Fsp3) is 0.400. The molecule has 0 bridgehead atoms. The number of nitrogens with two attached hydrogens (primary N) is 1. The Kier molecular flexibility index (Phi) is 4.42. The Bertz CT molecular complexity index is 575. The molecular weight excluding hydrogens is 302 g/mol. The summed E-state index contributed by atoms with van der Waals surface area (Å²) in [6, 6.07) is 8.45. The van der Waals surface area contributed by atoms with Gasteiger partial charge in [0.2, 0.25) is 0 Å². The fourth-order valence-corrected chi connectivity index (χ4v) is 2.86. The van der Waals surface area contributed by atoms with Crippen LogP contribution in [0, 0.1) is 13.8 Å². The zero-order chi connectivity index (χ0) is 14.0. The summed E-state index contributed by atoms with van der Waals surface area (Å²) in [5, 5.41) is 4.44. The summed E-state index contributed by atoms with van der Waals surface area (Å²) in [7, 11) is 1.98. The van der Waals surface area contributed by atoms with Crippen molar-refractivity contribution in [3.8, 4) is 0 Å². The second kappa shape index (κ2) is 5.88. The quantitative estimate of drug-likeness (QED) is 0.941. The number of aryl methyl sites for hydroxylation is 2. The lowest BCUT2D eigenvalue weighted by Gasteiger charge is -2.12. The molecule has 0 amide bonds. The summed E-state index contributed by atoms with van der Waals surface area (Å²) < 4.78 is 3.03. The molecular formula is C15H20BrN3. The fourth-order valence-electron chi connectivity index (χ4n) is 2.41. The molecule has 0 aliphatic rings. The number of aromatic nitrogens is 2. The Hall–Kier alpha value is -1.13. The Morgan fingerprint density at radius 2 is 2.05 bits per heavy atom. The van der Waals surface area contributed by atoms with E-state index in [4.69, 9.17) is 5.73 Å². The minimum Gasteiger partial charge on any atom is -0.327 e. The predicted octanol–water partition coefficient (Wildman–Crippen LogP) is 2.91. The number of halogens is 1. The maximum absolute atomic E-state index is 6.28. The van der Waals surface area contributed by atoms with Gasteiger partial charge in [-0.25, -0.2) is 0 Å². The molecule has 1 aromatic heterocycles. The second-order valence-electron chi connectivity index (χ2n) is 5.07. The highest BCUT2D eigenvalue weighted by Gasteiger charge is 2.13. The summed E-state index contributed by atoms with van der Waals surface area (Å²) in [4.78, 5) is 0. The van der Waals surface area contributed by atoms with Crippen molar-refractivity contribution < 1.29 is 0 Å². The van der Waals surface area contributed by atoms with E-state index in [1.165, 1.54) is 16.8 Å². The van der Waals surface area contributed by atoms with E-state index in [0.29, 0.717) is 0 Å². The van der Waals surface area contributed by atoms with Crippen LogP contribution < -0.4 is 5.73 Å². The van der Waals surface area contributed by atoms with E-state index in [2.05, 4.69) is 40.1 Å². The highest BCUT2D eigenvalue weighted by atomic mass is 79.9. The van der Waals surface area contributed by atoms with Crippen molar-refractivity contribution in [2.24, 2.45) is 12.8 Å². The largest absolute Gasteiger partial charge is 0.327 e. The van der Waals surface area contributed by atoms with Gasteiger partial charge >= 0.3 is 0 Å². The molecule has 2 rings (SSSR count). The van der Waals surface area contributed by atoms with Crippen molar-refractivity contribution in [3.63, 3.8) is 0 Å². The van der Waals surface area contributed by atoms with Gasteiger partial charge in [0.1, 0.15) is 0 Å². The molecule has 1 atom stereocenters. The highest BCUT2D eigenvalue weighted by molar-refractivity contribution is 9.10. The van der Waals surface area contributed by atoms with E-state index in [-0.39, 0.29) is 6.04 Å². The number of benzene rings is 1. The number of rotatable bonds is 4. The van der Waals surface area contributed by atoms with E-state index in [1.807, 2.05) is 30.8 Å². The van der Waals surface area contributed by atoms with Gasteiger partial charge in [0.25, 0.3) is 0 Å². The van der Waals surface area contributed by atoms with Crippen molar-refractivity contribution in [1.82, 2.24) is 9.78 Å². The summed E-state index contributed by atoms with van der Waals surface area (Å²) >= 11 is 3.49. The third-order valence-electron chi connectivity index (χ3n) is 3.51. The third kappa shape index (κ3) is 3.45. The van der Waals surface area contributed by atoms with E-state index in [1.54, 1.807) is 0 Å². The molecule has 19 heavy (non-hydrogen) atoms. The lowest BCUT2D eigenvalue weighted by atomic mass is 9.99. The lowest BCUT2D eigenvalue weighted by molar-refractivity contribution is 0.658. The molecule has 3 nitrogen and oxygen atoms in total. The average Bonchev–Trinajstić information content (AvgIpc) is 2.56. The molecule has 0 saturated carbocycles. The molecule has 1 heterocycles. The van der Waals surface area contributed by atoms with E-state index >= 15 is 0 Å². The summed E-state index contributed by atoms with van der Waals surface area (Å²) in [6.45, 7) is 4.15. The van der Waals surface area contributed by atoms with Crippen LogP contribution in [0.15, 0.2) is 28.7 Å². The molecule has 0 aliphatic carbocycles. The number of hydrogen-bond acceptors (Lipinski definition) is 2. The van der Waals surface area contributed by atoms with Gasteiger partial charge < -0.3 is 5.73 Å². The van der Waals surface area contributed by atoms with Crippen LogP contribution in [0.4, 0.5) is 0 Å². The molecule has 1 unspecified atom stereocenters. The maximum atomic E-state index is 6.28. The van der Waals surface area contributed by atoms with Crippen molar-refractivity contribution in [2.45, 2.75) is 32.7 Å². The first-order valence-electron chi connectivity index (χ1n) is 6.46. The summed E-state index contributed by atoms with van der Waals surface area (Å²) in [5.74, 6) is 0. The maximum Gasteiger partial charge on any atom is 0.0628 e. The normalized spacial score (nSPS) is 12.7. The predicted molar refractivity (Wildman–Crippen MR) is 82.2 cm³/mol. The van der Waals surface area contributed by atoms with Crippen molar-refractivity contribution in [3.05, 3.63) is 51.3 Å². The molecule has 2 aromatic rings. The van der Waals surface area contributed by atoms with Gasteiger partial charge in [-0.3, -0.25) is 4.68 Å². The first kappa shape index (κ1) is 14.3. The van der Waals surface area contributed by atoms with Gasteiger partial charge in [-0.05, 0) is 49.9 Å². The molecule has 0 radical (unpaired) electrons. The first-order valence-corrected chi connectivity index (χ1v) is 7.25. The van der Waals surface area contributed by atoms with Crippen LogP contribution in [0.5, 0.6) is 0 Å². The van der Waals surface area contributed by atoms with Crippen molar-refractivity contribution >= 4 is 15.9 Å². The third-order valence-corrected chi connectivity index (χ3v) is 4.01. The highest BCUT2D eigenvalue weighted by Crippen LogP contribution is 2.17. The van der Waals surface area contributed by atoms with Crippen LogP contribution in [0.1, 0.15) is 22.5 Å². The van der Waals surface area contributed by atoms with Gasteiger partial charge in [0, 0.05) is 23.3 Å². The Morgan fingerprint density at radius 1 is 1.32 bits per heavy atom. The Morgan fingerprint density at radius 3 is 2.63 bits per heavy atom. The van der Waals surface area contributed by atoms with Gasteiger partial charge in [0.05, 0.1) is 5.69 Å². The zero-order valence-electron chi connectivity index (χ0n) is 11.7. The number of nitrogens with zero attached hydrogens (tertiary/aromatic N) is 2. The van der Waals surface area contributed by atoms with Crippen LogP contribution in [-0.2, 0) is 19.9 Å². The zero-order valence-corrected chi connectivity index (χ0v) is 13.2. The van der Waals surface area contributed by atoms with E-state index in [9.17, 15) is 0 Å². The second-order valence-corrected chi connectivity index (χ2v) is 5.99.